The number of carboxylic acids is 1. The molecule has 0 aromatic carbocycles. The number of hydrogen-bond acceptors (Lipinski definition) is 4. The Morgan fingerprint density at radius 1 is 1.60 bits per heavy atom. The number of aromatic nitrogens is 1. The number of carboxylic acid groups (broad SMARTS) is 1. The molecular formula is C10H15NO3S. The Balaban J connectivity index is 2.40. The molecule has 1 N–H and O–H groups in total. The number of hydrogen-bond donors (Lipinski definition) is 1. The molecule has 0 amide bonds. The number of rotatable bonds is 5. The zero-order valence-corrected chi connectivity index (χ0v) is 9.93. The molecule has 0 saturated carbocycles. The minimum atomic E-state index is -0.769. The number of carbonyl (C=O) groups is 1. The van der Waals surface area contributed by atoms with Crippen molar-refractivity contribution in [1.29, 1.82) is 0 Å². The molecule has 1 atom stereocenters. The Labute approximate surface area is 93.1 Å². The van der Waals surface area contributed by atoms with Gasteiger partial charge < -0.3 is 9.52 Å². The van der Waals surface area contributed by atoms with Crippen molar-refractivity contribution in [2.75, 3.05) is 0 Å². The Bertz CT molecular complexity index is 329. The SMILES string of the molecule is Cc1nc(CSC(C)CC(=O)O)oc1C. The molecule has 0 bridgehead atoms. The van der Waals surface area contributed by atoms with Crippen LogP contribution in [0.15, 0.2) is 4.42 Å². The van der Waals surface area contributed by atoms with Gasteiger partial charge in [0.2, 0.25) is 5.89 Å². The number of aryl methyl sites for hydroxylation is 2. The van der Waals surface area contributed by atoms with Crippen LogP contribution < -0.4 is 0 Å². The molecular weight excluding hydrogens is 214 g/mol. The van der Waals surface area contributed by atoms with E-state index in [4.69, 9.17) is 9.52 Å². The molecule has 1 aromatic rings. The quantitative estimate of drug-likeness (QED) is 0.839. The highest BCUT2D eigenvalue weighted by Gasteiger charge is 2.11. The van der Waals surface area contributed by atoms with Gasteiger partial charge in [0.25, 0.3) is 0 Å². The van der Waals surface area contributed by atoms with E-state index in [1.165, 1.54) is 0 Å². The maximum Gasteiger partial charge on any atom is 0.304 e. The van der Waals surface area contributed by atoms with E-state index >= 15 is 0 Å². The predicted molar refractivity (Wildman–Crippen MR) is 59.0 cm³/mol. The lowest BCUT2D eigenvalue weighted by molar-refractivity contribution is -0.136. The molecule has 0 aliphatic carbocycles. The molecule has 1 rings (SSSR count). The summed E-state index contributed by atoms with van der Waals surface area (Å²) in [6.07, 6.45) is 0.170. The molecule has 4 nitrogen and oxygen atoms in total. The van der Waals surface area contributed by atoms with Crippen LogP contribution in [0.3, 0.4) is 0 Å². The van der Waals surface area contributed by atoms with E-state index < -0.39 is 5.97 Å². The van der Waals surface area contributed by atoms with Crippen LogP contribution in [0.2, 0.25) is 0 Å². The van der Waals surface area contributed by atoms with Gasteiger partial charge in [0, 0.05) is 5.25 Å². The van der Waals surface area contributed by atoms with E-state index in [1.54, 1.807) is 11.8 Å². The van der Waals surface area contributed by atoms with Crippen molar-refractivity contribution in [3.8, 4) is 0 Å². The van der Waals surface area contributed by atoms with Gasteiger partial charge in [-0.1, -0.05) is 6.92 Å². The van der Waals surface area contributed by atoms with Crippen LogP contribution in [0.25, 0.3) is 0 Å². The van der Waals surface area contributed by atoms with Crippen LogP contribution in [0, 0.1) is 13.8 Å². The van der Waals surface area contributed by atoms with Gasteiger partial charge in [-0.05, 0) is 13.8 Å². The second-order valence-corrected chi connectivity index (χ2v) is 4.90. The van der Waals surface area contributed by atoms with E-state index in [1.807, 2.05) is 20.8 Å². The monoisotopic (exact) mass is 229 g/mol. The lowest BCUT2D eigenvalue weighted by atomic mass is 10.3. The Kier molecular flexibility index (Phi) is 4.20. The van der Waals surface area contributed by atoms with Gasteiger partial charge in [0.15, 0.2) is 0 Å². The van der Waals surface area contributed by atoms with Gasteiger partial charge in [0.05, 0.1) is 17.9 Å². The summed E-state index contributed by atoms with van der Waals surface area (Å²) in [4.78, 5) is 14.7. The van der Waals surface area contributed by atoms with Gasteiger partial charge in [0.1, 0.15) is 5.76 Å². The molecule has 84 valence electrons. The fourth-order valence-electron chi connectivity index (χ4n) is 1.12. The van der Waals surface area contributed by atoms with Crippen LogP contribution in [0.5, 0.6) is 0 Å². The number of oxazole rings is 1. The number of thioether (sulfide) groups is 1. The summed E-state index contributed by atoms with van der Waals surface area (Å²) in [6, 6.07) is 0. The zero-order valence-electron chi connectivity index (χ0n) is 9.11. The topological polar surface area (TPSA) is 63.3 Å². The van der Waals surface area contributed by atoms with Gasteiger partial charge in [-0.2, -0.15) is 0 Å². The summed E-state index contributed by atoms with van der Waals surface area (Å²) in [5, 5.41) is 8.66. The minimum Gasteiger partial charge on any atom is -0.481 e. The van der Waals surface area contributed by atoms with Crippen molar-refractivity contribution in [2.24, 2.45) is 0 Å². The fourth-order valence-corrected chi connectivity index (χ4v) is 1.93. The van der Waals surface area contributed by atoms with Crippen molar-refractivity contribution in [2.45, 2.75) is 38.2 Å². The summed E-state index contributed by atoms with van der Waals surface area (Å²) in [5.41, 5.74) is 0.900. The fraction of sp³-hybridized carbons (Fsp3) is 0.600. The van der Waals surface area contributed by atoms with Crippen molar-refractivity contribution in [3.63, 3.8) is 0 Å². The molecule has 0 spiro atoms. The maximum atomic E-state index is 10.4. The predicted octanol–water partition coefficient (Wildman–Crippen LogP) is 2.39. The summed E-state index contributed by atoms with van der Waals surface area (Å²) in [7, 11) is 0. The second kappa shape index (κ2) is 5.21. The highest BCUT2D eigenvalue weighted by molar-refractivity contribution is 7.99. The van der Waals surface area contributed by atoms with Crippen molar-refractivity contribution < 1.29 is 14.3 Å². The van der Waals surface area contributed by atoms with E-state index in [2.05, 4.69) is 4.98 Å². The van der Waals surface area contributed by atoms with Crippen LogP contribution in [-0.4, -0.2) is 21.3 Å². The zero-order chi connectivity index (χ0) is 11.4. The standard InChI is InChI=1S/C10H15NO3S/c1-6(4-10(12)13)15-5-9-11-7(2)8(3)14-9/h6H,4-5H2,1-3H3,(H,12,13). The molecule has 0 aliphatic rings. The number of aliphatic carboxylic acids is 1. The Hall–Kier alpha value is -0.970. The molecule has 0 saturated heterocycles. The van der Waals surface area contributed by atoms with E-state index in [-0.39, 0.29) is 11.7 Å². The van der Waals surface area contributed by atoms with E-state index in [9.17, 15) is 4.79 Å². The van der Waals surface area contributed by atoms with Crippen LogP contribution >= 0.6 is 11.8 Å². The highest BCUT2D eigenvalue weighted by Crippen LogP contribution is 2.20. The molecule has 1 unspecified atom stereocenters. The summed E-state index contributed by atoms with van der Waals surface area (Å²) < 4.78 is 5.39. The largest absolute Gasteiger partial charge is 0.481 e. The van der Waals surface area contributed by atoms with Crippen LogP contribution in [0.4, 0.5) is 0 Å². The van der Waals surface area contributed by atoms with Gasteiger partial charge in [-0.3, -0.25) is 4.79 Å². The average Bonchev–Trinajstić information content (AvgIpc) is 2.42. The molecule has 0 aliphatic heterocycles. The summed E-state index contributed by atoms with van der Waals surface area (Å²) >= 11 is 1.54. The van der Waals surface area contributed by atoms with Crippen LogP contribution in [-0.2, 0) is 10.5 Å². The van der Waals surface area contributed by atoms with Gasteiger partial charge >= 0.3 is 5.97 Å². The average molecular weight is 229 g/mol. The second-order valence-electron chi connectivity index (χ2n) is 3.47. The first-order valence-corrected chi connectivity index (χ1v) is 5.80. The molecule has 5 heteroatoms. The lowest BCUT2D eigenvalue weighted by Gasteiger charge is -2.05. The summed E-state index contributed by atoms with van der Waals surface area (Å²) in [5.74, 6) is 1.36. The first-order chi connectivity index (χ1) is 6.99. The first kappa shape index (κ1) is 12.1. The van der Waals surface area contributed by atoms with Crippen molar-refractivity contribution in [3.05, 3.63) is 17.3 Å². The number of nitrogens with zero attached hydrogens (tertiary/aromatic N) is 1. The minimum absolute atomic E-state index is 0.0787. The van der Waals surface area contributed by atoms with Crippen molar-refractivity contribution in [1.82, 2.24) is 4.98 Å². The normalized spacial score (nSPS) is 12.7. The van der Waals surface area contributed by atoms with Gasteiger partial charge in [-0.25, -0.2) is 4.98 Å². The smallest absolute Gasteiger partial charge is 0.304 e. The first-order valence-electron chi connectivity index (χ1n) is 4.75. The molecule has 15 heavy (non-hydrogen) atoms. The molecule has 1 heterocycles. The molecule has 0 fully saturated rings. The molecule has 1 aromatic heterocycles. The Morgan fingerprint density at radius 2 is 2.27 bits per heavy atom. The van der Waals surface area contributed by atoms with Gasteiger partial charge in [-0.15, -0.1) is 11.8 Å². The third-order valence-corrected chi connectivity index (χ3v) is 3.18. The van der Waals surface area contributed by atoms with Crippen molar-refractivity contribution >= 4 is 17.7 Å². The highest BCUT2D eigenvalue weighted by atomic mass is 32.2. The molecule has 0 radical (unpaired) electrons. The third kappa shape index (κ3) is 3.95. The Morgan fingerprint density at radius 3 is 2.73 bits per heavy atom. The van der Waals surface area contributed by atoms with Crippen LogP contribution in [0.1, 0.15) is 30.7 Å². The van der Waals surface area contributed by atoms with E-state index in [0.29, 0.717) is 11.6 Å². The summed E-state index contributed by atoms with van der Waals surface area (Å²) in [6.45, 7) is 5.66. The maximum absolute atomic E-state index is 10.4. The van der Waals surface area contributed by atoms with E-state index in [0.717, 1.165) is 11.5 Å². The third-order valence-electron chi connectivity index (χ3n) is 2.03. The lowest BCUT2D eigenvalue weighted by Crippen LogP contribution is -2.05.